The number of carbonyl (C=O) groups excluding carboxylic acids is 2. The van der Waals surface area contributed by atoms with E-state index in [9.17, 15) is 9.59 Å². The van der Waals surface area contributed by atoms with E-state index in [1.54, 1.807) is 0 Å². The molecule has 5 nitrogen and oxygen atoms in total. The van der Waals surface area contributed by atoms with Crippen LogP contribution in [-0.2, 0) is 9.59 Å². The first-order chi connectivity index (χ1) is 14.0. The number of nitrogens with one attached hydrogen (secondary N) is 2. The molecule has 0 aliphatic heterocycles. The van der Waals surface area contributed by atoms with Crippen LogP contribution < -0.4 is 10.7 Å². The van der Waals surface area contributed by atoms with E-state index in [0.29, 0.717) is 0 Å². The van der Waals surface area contributed by atoms with Crippen molar-refractivity contribution in [3.8, 4) is 0 Å². The van der Waals surface area contributed by atoms with E-state index in [1.807, 2.05) is 62.4 Å². The number of hydrazone groups is 1. The van der Waals surface area contributed by atoms with Crippen LogP contribution in [0.2, 0.25) is 0 Å². The van der Waals surface area contributed by atoms with Gasteiger partial charge in [-0.05, 0) is 55.5 Å². The van der Waals surface area contributed by atoms with Gasteiger partial charge in [0.2, 0.25) is 11.8 Å². The summed E-state index contributed by atoms with van der Waals surface area (Å²) in [4.78, 5) is 24.3. The predicted molar refractivity (Wildman–Crippen MR) is 119 cm³/mol. The van der Waals surface area contributed by atoms with Crippen LogP contribution in [0.4, 0.5) is 5.69 Å². The summed E-state index contributed by atoms with van der Waals surface area (Å²) in [5, 5.41) is 7.17. The van der Waals surface area contributed by atoms with Crippen LogP contribution in [0.1, 0.15) is 62.1 Å². The standard InChI is InChI=1S/C24H31N3O2/c1-4-5-7-12-22(20-10-8-6-9-11-20)26-27-24(29)16-15-23(28)25-21-14-13-18(2)19(3)17-21/h6,8-11,13-14,17H,4-5,7,12,15-16H2,1-3H3,(H,25,28)(H,27,29)/b26-22+. The SMILES string of the molecule is CCCCC/C(=N\NC(=O)CCC(=O)Nc1ccc(C)c(C)c1)c1ccccc1. The quantitative estimate of drug-likeness (QED) is 0.334. The fourth-order valence-electron chi connectivity index (χ4n) is 2.89. The normalized spacial score (nSPS) is 11.2. The highest BCUT2D eigenvalue weighted by Gasteiger charge is 2.09. The summed E-state index contributed by atoms with van der Waals surface area (Å²) in [7, 11) is 0. The van der Waals surface area contributed by atoms with Crippen molar-refractivity contribution in [1.29, 1.82) is 0 Å². The molecule has 0 bridgehead atoms. The molecule has 0 saturated heterocycles. The number of unbranched alkanes of at least 4 members (excludes halogenated alkanes) is 2. The molecule has 0 atom stereocenters. The molecular formula is C24H31N3O2. The molecule has 0 heterocycles. The smallest absolute Gasteiger partial charge is 0.240 e. The molecule has 154 valence electrons. The fourth-order valence-corrected chi connectivity index (χ4v) is 2.89. The number of rotatable bonds is 10. The predicted octanol–water partition coefficient (Wildman–Crippen LogP) is 5.12. The highest BCUT2D eigenvalue weighted by molar-refractivity contribution is 6.01. The Morgan fingerprint density at radius 1 is 0.862 bits per heavy atom. The Kier molecular flexibility index (Phi) is 9.09. The average molecular weight is 394 g/mol. The Morgan fingerprint density at radius 3 is 2.28 bits per heavy atom. The van der Waals surface area contributed by atoms with Gasteiger partial charge in [-0.25, -0.2) is 5.43 Å². The van der Waals surface area contributed by atoms with E-state index in [0.717, 1.165) is 48.2 Å². The summed E-state index contributed by atoms with van der Waals surface area (Å²) in [5.41, 5.74) is 7.53. The summed E-state index contributed by atoms with van der Waals surface area (Å²) < 4.78 is 0. The average Bonchev–Trinajstić information content (AvgIpc) is 2.72. The number of anilines is 1. The molecule has 2 amide bonds. The van der Waals surface area contributed by atoms with Crippen molar-refractivity contribution in [2.75, 3.05) is 5.32 Å². The summed E-state index contributed by atoms with van der Waals surface area (Å²) in [6.07, 6.45) is 4.30. The van der Waals surface area contributed by atoms with Gasteiger partial charge in [-0.1, -0.05) is 56.2 Å². The first-order valence-corrected chi connectivity index (χ1v) is 10.3. The topological polar surface area (TPSA) is 70.6 Å². The van der Waals surface area contributed by atoms with E-state index in [2.05, 4.69) is 22.8 Å². The zero-order valence-electron chi connectivity index (χ0n) is 17.6. The second-order valence-electron chi connectivity index (χ2n) is 7.26. The maximum absolute atomic E-state index is 12.2. The van der Waals surface area contributed by atoms with Crippen LogP contribution in [0.3, 0.4) is 0 Å². The van der Waals surface area contributed by atoms with Crippen molar-refractivity contribution in [3.63, 3.8) is 0 Å². The first kappa shape index (κ1) is 22.3. The highest BCUT2D eigenvalue weighted by atomic mass is 16.2. The minimum Gasteiger partial charge on any atom is -0.326 e. The van der Waals surface area contributed by atoms with Crippen LogP contribution in [0.5, 0.6) is 0 Å². The second kappa shape index (κ2) is 11.8. The Balaban J connectivity index is 1.86. The number of nitrogens with zero attached hydrogens (tertiary/aromatic N) is 1. The molecule has 2 N–H and O–H groups in total. The van der Waals surface area contributed by atoms with Crippen LogP contribution in [0.15, 0.2) is 53.6 Å². The van der Waals surface area contributed by atoms with Gasteiger partial charge in [0.25, 0.3) is 0 Å². The van der Waals surface area contributed by atoms with Crippen molar-refractivity contribution in [2.45, 2.75) is 59.3 Å². The summed E-state index contributed by atoms with van der Waals surface area (Å²) in [6, 6.07) is 15.6. The third-order valence-electron chi connectivity index (χ3n) is 4.81. The molecule has 5 heteroatoms. The molecule has 0 radical (unpaired) electrons. The van der Waals surface area contributed by atoms with Crippen LogP contribution >= 0.6 is 0 Å². The minimum absolute atomic E-state index is 0.0945. The molecule has 2 aromatic rings. The number of amides is 2. The van der Waals surface area contributed by atoms with Crippen molar-refractivity contribution >= 4 is 23.2 Å². The second-order valence-corrected chi connectivity index (χ2v) is 7.26. The molecule has 0 aliphatic rings. The van der Waals surface area contributed by atoms with Gasteiger partial charge in [-0.15, -0.1) is 0 Å². The number of hydrogen-bond donors (Lipinski definition) is 2. The van der Waals surface area contributed by atoms with Gasteiger partial charge in [0.15, 0.2) is 0 Å². The van der Waals surface area contributed by atoms with E-state index < -0.39 is 0 Å². The molecule has 0 spiro atoms. The number of carbonyl (C=O) groups is 2. The zero-order chi connectivity index (χ0) is 21.1. The molecule has 0 aromatic heterocycles. The van der Waals surface area contributed by atoms with E-state index in [4.69, 9.17) is 0 Å². The lowest BCUT2D eigenvalue weighted by atomic mass is 10.0. The van der Waals surface area contributed by atoms with Crippen molar-refractivity contribution in [2.24, 2.45) is 5.10 Å². The van der Waals surface area contributed by atoms with Gasteiger partial charge in [0.05, 0.1) is 5.71 Å². The number of aryl methyl sites for hydroxylation is 2. The van der Waals surface area contributed by atoms with E-state index >= 15 is 0 Å². The van der Waals surface area contributed by atoms with Crippen LogP contribution in [0.25, 0.3) is 0 Å². The molecule has 0 unspecified atom stereocenters. The summed E-state index contributed by atoms with van der Waals surface area (Å²) >= 11 is 0. The molecule has 0 saturated carbocycles. The Morgan fingerprint density at radius 2 is 1.59 bits per heavy atom. The third-order valence-corrected chi connectivity index (χ3v) is 4.81. The van der Waals surface area contributed by atoms with Gasteiger partial charge in [-0.2, -0.15) is 5.10 Å². The minimum atomic E-state index is -0.260. The summed E-state index contributed by atoms with van der Waals surface area (Å²) in [6.45, 7) is 6.18. The van der Waals surface area contributed by atoms with Crippen LogP contribution in [-0.4, -0.2) is 17.5 Å². The highest BCUT2D eigenvalue weighted by Crippen LogP contribution is 2.14. The Bertz CT molecular complexity index is 844. The monoisotopic (exact) mass is 393 g/mol. The Hall–Kier alpha value is -2.95. The van der Waals surface area contributed by atoms with E-state index in [1.165, 1.54) is 5.56 Å². The molecule has 2 rings (SSSR count). The largest absolute Gasteiger partial charge is 0.326 e. The molecule has 29 heavy (non-hydrogen) atoms. The van der Waals surface area contributed by atoms with Gasteiger partial charge in [-0.3, -0.25) is 9.59 Å². The molecule has 0 fully saturated rings. The lowest BCUT2D eigenvalue weighted by Crippen LogP contribution is -2.22. The van der Waals surface area contributed by atoms with Gasteiger partial charge < -0.3 is 5.32 Å². The number of hydrogen-bond acceptors (Lipinski definition) is 3. The maximum atomic E-state index is 12.2. The van der Waals surface area contributed by atoms with Gasteiger partial charge >= 0.3 is 0 Å². The van der Waals surface area contributed by atoms with Crippen molar-refractivity contribution in [3.05, 3.63) is 65.2 Å². The molecule has 0 aliphatic carbocycles. The summed E-state index contributed by atoms with van der Waals surface area (Å²) in [5.74, 6) is -0.442. The van der Waals surface area contributed by atoms with Gasteiger partial charge in [0.1, 0.15) is 0 Å². The van der Waals surface area contributed by atoms with E-state index in [-0.39, 0.29) is 24.7 Å². The zero-order valence-corrected chi connectivity index (χ0v) is 17.6. The Labute approximate surface area is 173 Å². The lowest BCUT2D eigenvalue weighted by Gasteiger charge is -2.09. The molecule has 2 aromatic carbocycles. The molecular weight excluding hydrogens is 362 g/mol. The maximum Gasteiger partial charge on any atom is 0.240 e. The van der Waals surface area contributed by atoms with Crippen molar-refractivity contribution < 1.29 is 9.59 Å². The van der Waals surface area contributed by atoms with Crippen LogP contribution in [0, 0.1) is 13.8 Å². The fraction of sp³-hybridized carbons (Fsp3) is 0.375. The lowest BCUT2D eigenvalue weighted by molar-refractivity contribution is -0.124. The van der Waals surface area contributed by atoms with Gasteiger partial charge in [0, 0.05) is 18.5 Å². The van der Waals surface area contributed by atoms with Crippen molar-refractivity contribution in [1.82, 2.24) is 5.43 Å². The number of benzene rings is 2. The first-order valence-electron chi connectivity index (χ1n) is 10.3. The third kappa shape index (κ3) is 7.90.